The minimum absolute atomic E-state index is 0. The molecule has 130 valence electrons. The Kier molecular flexibility index (Phi) is 6.29. The molecular formula is C14H11N4NaO5S2. The second-order valence-electron chi connectivity index (χ2n) is 5.13. The fraction of sp³-hybridized carbons (Fsp3) is 0.214. The smallest absolute Gasteiger partial charge is 0.543 e. The molecule has 3 rings (SSSR count). The number of anilines is 1. The Morgan fingerprint density at radius 2 is 2.15 bits per heavy atom. The minimum atomic E-state index is -1.49. The second kappa shape index (κ2) is 7.92. The molecular weight excluding hydrogens is 391 g/mol. The van der Waals surface area contributed by atoms with Crippen molar-refractivity contribution in [3.8, 4) is 0 Å². The number of rotatable bonds is 5. The largest absolute Gasteiger partial charge is 1.00 e. The predicted octanol–water partition coefficient (Wildman–Crippen LogP) is -4.50. The molecule has 1 unspecified atom stereocenters. The Bertz CT molecular complexity index is 852. The number of hydrogen-bond acceptors (Lipinski definition) is 9. The maximum absolute atomic E-state index is 12.3. The number of carboxylic acids is 1. The molecule has 12 heteroatoms. The number of carbonyl (C=O) groups excluding carboxylic acids is 4. The van der Waals surface area contributed by atoms with Crippen LogP contribution in [-0.4, -0.2) is 50.6 Å². The van der Waals surface area contributed by atoms with Crippen LogP contribution in [0.2, 0.25) is 0 Å². The van der Waals surface area contributed by atoms with Crippen LogP contribution in [0.3, 0.4) is 0 Å². The van der Waals surface area contributed by atoms with E-state index in [2.05, 4.69) is 16.9 Å². The van der Waals surface area contributed by atoms with Crippen LogP contribution in [0.15, 0.2) is 29.3 Å². The third-order valence-corrected chi connectivity index (χ3v) is 5.66. The summed E-state index contributed by atoms with van der Waals surface area (Å²) in [4.78, 5) is 52.4. The molecule has 0 aromatic carbocycles. The van der Waals surface area contributed by atoms with E-state index < -0.39 is 35.0 Å². The van der Waals surface area contributed by atoms with Gasteiger partial charge in [-0.05, 0) is 5.57 Å². The molecule has 2 aliphatic heterocycles. The number of nitrogens with zero attached hydrogens (tertiary/aromatic N) is 2. The van der Waals surface area contributed by atoms with E-state index in [0.717, 1.165) is 16.2 Å². The van der Waals surface area contributed by atoms with E-state index in [1.165, 1.54) is 23.2 Å². The second-order valence-corrected chi connectivity index (χ2v) is 7.12. The van der Waals surface area contributed by atoms with Crippen molar-refractivity contribution in [3.05, 3.63) is 35.0 Å². The number of aromatic nitrogens is 1. The van der Waals surface area contributed by atoms with Crippen molar-refractivity contribution in [3.63, 3.8) is 0 Å². The number of Topliss-reactive ketones (excluding diaryl/α,β-unsaturated/α-hetero) is 1. The Morgan fingerprint density at radius 1 is 1.46 bits per heavy atom. The molecule has 0 spiro atoms. The predicted molar refractivity (Wildman–Crippen MR) is 88.1 cm³/mol. The van der Waals surface area contributed by atoms with Crippen molar-refractivity contribution >= 4 is 51.8 Å². The van der Waals surface area contributed by atoms with Gasteiger partial charge in [-0.1, -0.05) is 12.7 Å². The monoisotopic (exact) mass is 402 g/mol. The standard InChI is InChI=1S/C14H12N4O5S2.Na/c1-2-5-3-24-12-7(11(21)18(12)8(5)13(22)23)17-10(20)9(19)6-4-25-14(15)16-6;/h2,4,7,12H,1,3H2,(H2,15,16)(H,17,20)(H,22,23);/q;+1/p-1/t7?,12-;/m1./s1. The number of nitrogen functional groups attached to an aromatic ring is 1. The summed E-state index contributed by atoms with van der Waals surface area (Å²) in [6, 6.07) is -1.00. The first kappa shape index (κ1) is 20.6. The Labute approximate surface area is 178 Å². The maximum Gasteiger partial charge on any atom is 1.00 e. The number of carbonyl (C=O) groups is 4. The molecule has 1 aromatic heterocycles. The topological polar surface area (TPSA) is 146 Å². The van der Waals surface area contributed by atoms with Crippen molar-refractivity contribution < 1.29 is 53.8 Å². The van der Waals surface area contributed by atoms with Crippen LogP contribution in [0.4, 0.5) is 5.13 Å². The normalized spacial score (nSPS) is 21.2. The minimum Gasteiger partial charge on any atom is -0.543 e. The molecule has 0 radical (unpaired) electrons. The molecule has 1 fully saturated rings. The van der Waals surface area contributed by atoms with Gasteiger partial charge in [-0.3, -0.25) is 19.3 Å². The molecule has 0 bridgehead atoms. The summed E-state index contributed by atoms with van der Waals surface area (Å²) in [6.45, 7) is 3.52. The van der Waals surface area contributed by atoms with Crippen LogP contribution in [0.5, 0.6) is 0 Å². The van der Waals surface area contributed by atoms with E-state index in [4.69, 9.17) is 5.73 Å². The molecule has 1 saturated heterocycles. The summed E-state index contributed by atoms with van der Waals surface area (Å²) in [5.74, 6) is -3.74. The molecule has 3 N–H and O–H groups in total. The number of aliphatic carboxylic acids is 1. The first-order chi connectivity index (χ1) is 11.8. The quantitative estimate of drug-likeness (QED) is 0.217. The fourth-order valence-electron chi connectivity index (χ4n) is 2.50. The Morgan fingerprint density at radius 3 is 2.69 bits per heavy atom. The number of fused-ring (bicyclic) bond motifs is 1. The van der Waals surface area contributed by atoms with Crippen molar-refractivity contribution in [1.82, 2.24) is 15.2 Å². The van der Waals surface area contributed by atoms with E-state index in [1.54, 1.807) is 0 Å². The van der Waals surface area contributed by atoms with Gasteiger partial charge in [0.2, 0.25) is 0 Å². The van der Waals surface area contributed by atoms with Gasteiger partial charge in [-0.2, -0.15) is 0 Å². The molecule has 0 aliphatic carbocycles. The van der Waals surface area contributed by atoms with Crippen molar-refractivity contribution in [2.45, 2.75) is 11.4 Å². The zero-order chi connectivity index (χ0) is 18.3. The van der Waals surface area contributed by atoms with E-state index >= 15 is 0 Å². The Hall–Kier alpha value is -1.66. The zero-order valence-corrected chi connectivity index (χ0v) is 17.2. The third-order valence-electron chi connectivity index (χ3n) is 3.68. The van der Waals surface area contributed by atoms with Gasteiger partial charge in [0.05, 0.1) is 11.7 Å². The van der Waals surface area contributed by atoms with Gasteiger partial charge < -0.3 is 21.0 Å². The summed E-state index contributed by atoms with van der Waals surface area (Å²) >= 11 is 2.27. The number of carboxylic acid groups (broad SMARTS) is 1. The van der Waals surface area contributed by atoms with Crippen molar-refractivity contribution in [1.29, 1.82) is 0 Å². The first-order valence-corrected chi connectivity index (χ1v) is 8.85. The molecule has 9 nitrogen and oxygen atoms in total. The van der Waals surface area contributed by atoms with Crippen LogP contribution in [0, 0.1) is 0 Å². The number of ketones is 1. The van der Waals surface area contributed by atoms with Crippen LogP contribution < -0.4 is 45.7 Å². The SMILES string of the molecule is C=CC1=C(C(=O)[O-])N2C(=O)C(NC(=O)C(=O)c3csc(N)n3)[C@H]2SC1.[Na+]. The number of amides is 2. The number of hydrogen-bond donors (Lipinski definition) is 2. The summed E-state index contributed by atoms with van der Waals surface area (Å²) in [5.41, 5.74) is 5.42. The number of allylic oxidation sites excluding steroid dienone is 1. The number of β-lactam (4-membered cyclic amide) rings is 1. The molecule has 2 amide bonds. The van der Waals surface area contributed by atoms with Gasteiger partial charge in [-0.15, -0.1) is 23.1 Å². The summed E-state index contributed by atoms with van der Waals surface area (Å²) in [6.07, 6.45) is 1.35. The molecule has 26 heavy (non-hydrogen) atoms. The summed E-state index contributed by atoms with van der Waals surface area (Å²) in [7, 11) is 0. The van der Waals surface area contributed by atoms with Gasteiger partial charge >= 0.3 is 29.6 Å². The van der Waals surface area contributed by atoms with Crippen LogP contribution in [0.25, 0.3) is 0 Å². The molecule has 1 aromatic rings. The average molecular weight is 402 g/mol. The number of nitrogens with one attached hydrogen (secondary N) is 1. The number of thioether (sulfide) groups is 1. The van der Waals surface area contributed by atoms with Gasteiger partial charge in [0.15, 0.2) is 5.13 Å². The van der Waals surface area contributed by atoms with Crippen LogP contribution in [0.1, 0.15) is 10.5 Å². The van der Waals surface area contributed by atoms with Gasteiger partial charge in [0.1, 0.15) is 17.1 Å². The van der Waals surface area contributed by atoms with Crippen LogP contribution in [-0.2, 0) is 14.4 Å². The molecule has 2 aliphatic rings. The molecule has 3 heterocycles. The molecule has 0 saturated carbocycles. The third kappa shape index (κ3) is 3.45. The van der Waals surface area contributed by atoms with Crippen molar-refractivity contribution in [2.24, 2.45) is 0 Å². The van der Waals surface area contributed by atoms with E-state index in [1.807, 2.05) is 0 Å². The van der Waals surface area contributed by atoms with Gasteiger partial charge in [0.25, 0.3) is 17.6 Å². The van der Waals surface area contributed by atoms with Crippen LogP contribution >= 0.6 is 23.1 Å². The zero-order valence-electron chi connectivity index (χ0n) is 13.6. The van der Waals surface area contributed by atoms with E-state index in [0.29, 0.717) is 11.3 Å². The van der Waals surface area contributed by atoms with E-state index in [9.17, 15) is 24.3 Å². The van der Waals surface area contributed by atoms with Gasteiger partial charge in [0, 0.05) is 11.1 Å². The fourth-order valence-corrected chi connectivity index (χ4v) is 4.39. The Balaban J connectivity index is 0.00000243. The maximum atomic E-state index is 12.3. The van der Waals surface area contributed by atoms with Crippen molar-refractivity contribution in [2.75, 3.05) is 11.5 Å². The average Bonchev–Trinajstić information content (AvgIpc) is 3.03. The van der Waals surface area contributed by atoms with E-state index in [-0.39, 0.29) is 46.1 Å². The molecule has 2 atom stereocenters. The number of nitrogens with two attached hydrogens (primary N) is 1. The summed E-state index contributed by atoms with van der Waals surface area (Å²) in [5, 5.41) is 14.5. The first-order valence-electron chi connectivity index (χ1n) is 6.93. The number of thiazole rings is 1. The summed E-state index contributed by atoms with van der Waals surface area (Å²) < 4.78 is 0. The van der Waals surface area contributed by atoms with Gasteiger partial charge in [-0.25, -0.2) is 4.98 Å².